The number of benzene rings is 3. The molecule has 6 rings (SSSR count). The number of hydrogen-bond acceptors (Lipinski definition) is 3. The molecule has 0 aliphatic carbocycles. The van der Waals surface area contributed by atoms with Crippen molar-refractivity contribution in [3.8, 4) is 22.5 Å². The fourth-order valence-corrected chi connectivity index (χ4v) is 4.04. The van der Waals surface area contributed by atoms with E-state index in [1.165, 1.54) is 16.7 Å². The first-order chi connectivity index (χ1) is 17.0. The summed E-state index contributed by atoms with van der Waals surface area (Å²) in [6, 6.07) is 30.8. The van der Waals surface area contributed by atoms with Gasteiger partial charge in [0.15, 0.2) is 0 Å². The van der Waals surface area contributed by atoms with Crippen molar-refractivity contribution >= 4 is 21.9 Å². The minimum atomic E-state index is 0. The zero-order valence-electron chi connectivity index (χ0n) is 20.7. The van der Waals surface area contributed by atoms with Crippen LogP contribution in [0.15, 0.2) is 89.6 Å². The van der Waals surface area contributed by atoms with Gasteiger partial charge in [0.1, 0.15) is 5.58 Å². The minimum Gasteiger partial charge on any atom is -0.500 e. The van der Waals surface area contributed by atoms with Crippen molar-refractivity contribution in [2.45, 2.75) is 27.7 Å². The summed E-state index contributed by atoms with van der Waals surface area (Å²) in [7, 11) is 0. The first kappa shape index (κ1) is 25.5. The average Bonchev–Trinajstić information content (AvgIpc) is 3.28. The van der Waals surface area contributed by atoms with E-state index in [9.17, 15) is 0 Å². The number of aromatic nitrogens is 2. The van der Waals surface area contributed by atoms with Crippen LogP contribution in [0.4, 0.5) is 0 Å². The van der Waals surface area contributed by atoms with Gasteiger partial charge in [0.2, 0.25) is 0 Å². The molecule has 36 heavy (non-hydrogen) atoms. The predicted octanol–water partition coefficient (Wildman–Crippen LogP) is 8.23. The summed E-state index contributed by atoms with van der Waals surface area (Å²) < 4.78 is 6.10. The third-order valence-electron chi connectivity index (χ3n) is 6.19. The van der Waals surface area contributed by atoms with Crippen molar-refractivity contribution in [1.29, 1.82) is 0 Å². The molecule has 4 heteroatoms. The number of nitrogens with zero attached hydrogens (tertiary/aromatic N) is 2. The Morgan fingerprint density at radius 3 is 2.25 bits per heavy atom. The van der Waals surface area contributed by atoms with Gasteiger partial charge in [-0.2, -0.15) is 0 Å². The maximum Gasteiger partial charge on any atom is 0.123 e. The average molecular weight is 647 g/mol. The van der Waals surface area contributed by atoms with Crippen LogP contribution in [0.2, 0.25) is 0 Å². The monoisotopic (exact) mass is 647 g/mol. The van der Waals surface area contributed by atoms with Gasteiger partial charge < -0.3 is 14.4 Å². The van der Waals surface area contributed by atoms with Crippen molar-refractivity contribution in [2.24, 2.45) is 0 Å². The summed E-state index contributed by atoms with van der Waals surface area (Å²) in [4.78, 5) is 8.81. The second-order valence-corrected chi connectivity index (χ2v) is 8.80. The van der Waals surface area contributed by atoms with Gasteiger partial charge in [-0.1, -0.05) is 59.8 Å². The summed E-state index contributed by atoms with van der Waals surface area (Å²) in [5.41, 5.74) is 10.5. The Balaban J connectivity index is 0.000000172. The normalized spacial score (nSPS) is 10.6. The maximum absolute atomic E-state index is 6.10. The molecule has 0 amide bonds. The van der Waals surface area contributed by atoms with Crippen LogP contribution >= 0.6 is 0 Å². The first-order valence-electron chi connectivity index (χ1n) is 11.7. The molecule has 0 saturated carbocycles. The number of aryl methyl sites for hydroxylation is 4. The molecule has 0 bridgehead atoms. The van der Waals surface area contributed by atoms with E-state index in [1.54, 1.807) is 6.20 Å². The molecule has 0 aliphatic heterocycles. The molecule has 0 N–H and O–H groups in total. The van der Waals surface area contributed by atoms with Gasteiger partial charge in [0.05, 0.1) is 5.58 Å². The third-order valence-corrected chi connectivity index (χ3v) is 6.19. The van der Waals surface area contributed by atoms with E-state index in [2.05, 4.69) is 86.2 Å². The van der Waals surface area contributed by atoms with Gasteiger partial charge in [-0.05, 0) is 49.4 Å². The van der Waals surface area contributed by atoms with Crippen molar-refractivity contribution in [1.82, 2.24) is 9.97 Å². The molecule has 3 aromatic carbocycles. The Bertz CT molecular complexity index is 1620. The molecule has 0 atom stereocenters. The number of rotatable bonds is 2. The Morgan fingerprint density at radius 2 is 1.53 bits per heavy atom. The van der Waals surface area contributed by atoms with Crippen molar-refractivity contribution < 1.29 is 24.5 Å². The molecular formula is C32H26IrN2O-2. The second-order valence-electron chi connectivity index (χ2n) is 8.80. The Hall–Kier alpha value is -3.59. The zero-order valence-corrected chi connectivity index (χ0v) is 23.1. The van der Waals surface area contributed by atoms with Crippen molar-refractivity contribution in [3.63, 3.8) is 0 Å². The Morgan fingerprint density at radius 1 is 0.694 bits per heavy atom. The van der Waals surface area contributed by atoms with Gasteiger partial charge in [-0.15, -0.1) is 53.6 Å². The van der Waals surface area contributed by atoms with Gasteiger partial charge >= 0.3 is 0 Å². The van der Waals surface area contributed by atoms with Gasteiger partial charge in [-0.25, -0.2) is 0 Å². The van der Waals surface area contributed by atoms with E-state index in [-0.39, 0.29) is 20.1 Å². The number of para-hydroxylation sites is 1. The molecule has 181 valence electrons. The van der Waals surface area contributed by atoms with E-state index in [1.807, 2.05) is 42.6 Å². The molecule has 6 aromatic rings. The Labute approximate surface area is 225 Å². The standard InChI is InChI=1S/C18H12NO.C14H14N.Ir/c1-12-6-4-7-13-14-8-5-9-15(18(14)20-17(12)13)16-10-2-3-11-19-16;1-10-4-6-13(7-5-10)14-8-11(2)12(3)9-15-14;/h2-8,10-11H,1H3;4-6,8-9H,1-3H3;/q2*-1;. The molecule has 3 aromatic heterocycles. The van der Waals surface area contributed by atoms with E-state index in [0.717, 1.165) is 50.0 Å². The van der Waals surface area contributed by atoms with Crippen LogP contribution in [0.1, 0.15) is 22.3 Å². The number of fused-ring (bicyclic) bond motifs is 3. The molecular weight excluding hydrogens is 621 g/mol. The second kappa shape index (κ2) is 11.0. The summed E-state index contributed by atoms with van der Waals surface area (Å²) >= 11 is 0. The van der Waals surface area contributed by atoms with Crippen LogP contribution in [0.5, 0.6) is 0 Å². The molecule has 3 heterocycles. The molecule has 0 saturated heterocycles. The molecule has 1 radical (unpaired) electrons. The number of hydrogen-bond donors (Lipinski definition) is 0. The fraction of sp³-hybridized carbons (Fsp3) is 0.125. The van der Waals surface area contributed by atoms with Crippen LogP contribution in [0.3, 0.4) is 0 Å². The van der Waals surface area contributed by atoms with Crippen molar-refractivity contribution in [2.75, 3.05) is 0 Å². The van der Waals surface area contributed by atoms with Crippen LogP contribution in [-0.4, -0.2) is 9.97 Å². The SMILES string of the molecule is Cc1c[c-]c(-c2cc(C)c(C)cn2)cc1.Cc1cccc2c1oc1c(-c3ccccn3)[c-]ccc12.[Ir]. The zero-order chi connectivity index (χ0) is 24.4. The smallest absolute Gasteiger partial charge is 0.123 e. The number of pyridine rings is 2. The van der Waals surface area contributed by atoms with Crippen LogP contribution in [0, 0.1) is 39.8 Å². The van der Waals surface area contributed by atoms with E-state index < -0.39 is 0 Å². The Kier molecular flexibility index (Phi) is 7.78. The summed E-state index contributed by atoms with van der Waals surface area (Å²) in [5.74, 6) is 0. The van der Waals surface area contributed by atoms with Gasteiger partial charge in [0, 0.05) is 37.9 Å². The molecule has 0 spiro atoms. The van der Waals surface area contributed by atoms with E-state index in [0.29, 0.717) is 0 Å². The largest absolute Gasteiger partial charge is 0.500 e. The van der Waals surface area contributed by atoms with Gasteiger partial charge in [-0.3, -0.25) is 0 Å². The van der Waals surface area contributed by atoms with Gasteiger partial charge in [0.25, 0.3) is 0 Å². The third kappa shape index (κ3) is 5.16. The molecule has 0 aliphatic rings. The van der Waals surface area contributed by atoms with Crippen LogP contribution in [0.25, 0.3) is 44.5 Å². The predicted molar refractivity (Wildman–Crippen MR) is 143 cm³/mol. The van der Waals surface area contributed by atoms with Crippen molar-refractivity contribution in [3.05, 3.63) is 120 Å². The number of furan rings is 1. The van der Waals surface area contributed by atoms with Crippen LogP contribution in [-0.2, 0) is 20.1 Å². The summed E-state index contributed by atoms with van der Waals surface area (Å²) in [5, 5.41) is 2.26. The quantitative estimate of drug-likeness (QED) is 0.178. The molecule has 3 nitrogen and oxygen atoms in total. The van der Waals surface area contributed by atoms with E-state index >= 15 is 0 Å². The first-order valence-corrected chi connectivity index (χ1v) is 11.7. The fourth-order valence-electron chi connectivity index (χ4n) is 4.04. The summed E-state index contributed by atoms with van der Waals surface area (Å²) in [6.45, 7) is 8.31. The van der Waals surface area contributed by atoms with Crippen LogP contribution < -0.4 is 0 Å². The van der Waals surface area contributed by atoms with E-state index in [4.69, 9.17) is 4.42 Å². The minimum absolute atomic E-state index is 0. The summed E-state index contributed by atoms with van der Waals surface area (Å²) in [6.07, 6.45) is 3.70. The molecule has 0 unspecified atom stereocenters. The maximum atomic E-state index is 6.10. The molecule has 0 fully saturated rings. The topological polar surface area (TPSA) is 38.9 Å².